The number of anilines is 2. The van der Waals surface area contributed by atoms with Crippen molar-refractivity contribution in [3.8, 4) is 0 Å². The van der Waals surface area contributed by atoms with E-state index in [-0.39, 0.29) is 12.2 Å². The van der Waals surface area contributed by atoms with Gasteiger partial charge in [0.15, 0.2) is 0 Å². The van der Waals surface area contributed by atoms with Gasteiger partial charge < -0.3 is 10.2 Å². The Morgan fingerprint density at radius 1 is 1.04 bits per heavy atom. The minimum Gasteiger partial charge on any atom is -0.354 e. The fraction of sp³-hybridized carbons (Fsp3) is 0.333. The first-order chi connectivity index (χ1) is 12.4. The quantitative estimate of drug-likeness (QED) is 0.906. The second-order valence-corrected chi connectivity index (χ2v) is 6.04. The number of nitrogens with zero attached hydrogens (tertiary/aromatic N) is 3. The van der Waals surface area contributed by atoms with Crippen molar-refractivity contribution in [1.29, 1.82) is 0 Å². The lowest BCUT2D eigenvalue weighted by Crippen LogP contribution is -2.49. The average Bonchev–Trinajstić information content (AvgIpc) is 2.62. The first-order valence-electron chi connectivity index (χ1n) is 8.28. The molecule has 1 aliphatic heterocycles. The smallest absolute Gasteiger partial charge is 0.354 e. The molecule has 138 valence electrons. The maximum Gasteiger partial charge on any atom is 0.418 e. The third-order valence-electron chi connectivity index (χ3n) is 4.22. The van der Waals surface area contributed by atoms with Gasteiger partial charge in [-0.05, 0) is 24.3 Å². The Hall–Kier alpha value is -2.61. The molecule has 0 aliphatic carbocycles. The van der Waals surface area contributed by atoms with E-state index in [1.54, 1.807) is 6.20 Å². The Balaban J connectivity index is 1.54. The van der Waals surface area contributed by atoms with Gasteiger partial charge in [-0.2, -0.15) is 13.2 Å². The molecule has 0 spiro atoms. The van der Waals surface area contributed by atoms with Gasteiger partial charge >= 0.3 is 6.18 Å². The minimum absolute atomic E-state index is 0.0578. The highest BCUT2D eigenvalue weighted by atomic mass is 19.4. The molecular weight excluding hydrogens is 345 g/mol. The third-order valence-corrected chi connectivity index (χ3v) is 4.22. The minimum atomic E-state index is -4.50. The van der Waals surface area contributed by atoms with Gasteiger partial charge in [0.1, 0.15) is 5.82 Å². The number of carbonyl (C=O) groups is 1. The van der Waals surface area contributed by atoms with Crippen LogP contribution in [-0.4, -0.2) is 48.5 Å². The van der Waals surface area contributed by atoms with Crippen molar-refractivity contribution >= 4 is 17.4 Å². The highest BCUT2D eigenvalue weighted by Gasteiger charge is 2.33. The number of carbonyl (C=O) groups excluding carboxylic acids is 1. The fourth-order valence-electron chi connectivity index (χ4n) is 2.91. The van der Waals surface area contributed by atoms with Crippen molar-refractivity contribution in [3.05, 3.63) is 54.2 Å². The van der Waals surface area contributed by atoms with Crippen LogP contribution >= 0.6 is 0 Å². The van der Waals surface area contributed by atoms with Gasteiger partial charge in [-0.3, -0.25) is 9.69 Å². The van der Waals surface area contributed by atoms with Crippen LogP contribution in [0.2, 0.25) is 0 Å². The zero-order valence-corrected chi connectivity index (χ0v) is 14.0. The summed E-state index contributed by atoms with van der Waals surface area (Å²) in [5.74, 6) is 0.434. The molecule has 0 bridgehead atoms. The van der Waals surface area contributed by atoms with Crippen LogP contribution in [0.15, 0.2) is 48.7 Å². The molecule has 1 aromatic carbocycles. The highest BCUT2D eigenvalue weighted by molar-refractivity contribution is 5.93. The zero-order valence-electron chi connectivity index (χ0n) is 14.0. The van der Waals surface area contributed by atoms with Gasteiger partial charge in [0.05, 0.1) is 17.8 Å². The molecule has 2 heterocycles. The molecule has 1 N–H and O–H groups in total. The molecule has 0 unspecified atom stereocenters. The van der Waals surface area contributed by atoms with Crippen molar-refractivity contribution in [2.75, 3.05) is 42.9 Å². The largest absolute Gasteiger partial charge is 0.418 e. The number of amides is 1. The lowest BCUT2D eigenvalue weighted by Gasteiger charge is -2.35. The van der Waals surface area contributed by atoms with Crippen LogP contribution in [-0.2, 0) is 11.0 Å². The molecule has 1 saturated heterocycles. The molecule has 0 radical (unpaired) electrons. The Morgan fingerprint density at radius 3 is 2.38 bits per heavy atom. The number of aromatic nitrogens is 1. The topological polar surface area (TPSA) is 48.5 Å². The van der Waals surface area contributed by atoms with Crippen LogP contribution < -0.4 is 10.2 Å². The van der Waals surface area contributed by atoms with Gasteiger partial charge in [-0.1, -0.05) is 18.2 Å². The number of piperazine rings is 1. The molecule has 8 heteroatoms. The van der Waals surface area contributed by atoms with Crippen LogP contribution in [0.25, 0.3) is 0 Å². The second-order valence-electron chi connectivity index (χ2n) is 6.04. The monoisotopic (exact) mass is 364 g/mol. The van der Waals surface area contributed by atoms with Crippen LogP contribution in [0.4, 0.5) is 24.7 Å². The van der Waals surface area contributed by atoms with Gasteiger partial charge in [0.2, 0.25) is 5.91 Å². The van der Waals surface area contributed by atoms with E-state index < -0.39 is 17.6 Å². The zero-order chi connectivity index (χ0) is 18.6. The number of hydrogen-bond donors (Lipinski definition) is 1. The van der Waals surface area contributed by atoms with Gasteiger partial charge in [-0.25, -0.2) is 4.98 Å². The van der Waals surface area contributed by atoms with E-state index in [0.29, 0.717) is 26.2 Å². The van der Waals surface area contributed by atoms with Crippen LogP contribution in [0.1, 0.15) is 5.56 Å². The Morgan fingerprint density at radius 2 is 1.73 bits per heavy atom. The number of rotatable bonds is 4. The van der Waals surface area contributed by atoms with Crippen molar-refractivity contribution in [3.63, 3.8) is 0 Å². The Labute approximate surface area is 149 Å². The van der Waals surface area contributed by atoms with E-state index in [9.17, 15) is 18.0 Å². The van der Waals surface area contributed by atoms with Crippen LogP contribution in [0.5, 0.6) is 0 Å². The SMILES string of the molecule is O=C(CN1CCN(c2ccccn2)CC1)Nc1ccccc1C(F)(F)F. The molecule has 1 fully saturated rings. The molecule has 5 nitrogen and oxygen atoms in total. The molecule has 0 saturated carbocycles. The molecule has 0 atom stereocenters. The van der Waals surface area contributed by atoms with Gasteiger partial charge in [0.25, 0.3) is 0 Å². The summed E-state index contributed by atoms with van der Waals surface area (Å²) in [4.78, 5) is 20.5. The number of nitrogens with one attached hydrogen (secondary N) is 1. The first-order valence-corrected chi connectivity index (χ1v) is 8.28. The van der Waals surface area contributed by atoms with Crippen LogP contribution in [0.3, 0.4) is 0 Å². The third kappa shape index (κ3) is 4.51. The van der Waals surface area contributed by atoms with Crippen molar-refractivity contribution in [2.45, 2.75) is 6.18 Å². The molecule has 26 heavy (non-hydrogen) atoms. The maximum atomic E-state index is 13.0. The predicted molar refractivity (Wildman–Crippen MR) is 93.0 cm³/mol. The Kier molecular flexibility index (Phi) is 5.41. The van der Waals surface area contributed by atoms with Crippen LogP contribution in [0, 0.1) is 0 Å². The lowest BCUT2D eigenvalue weighted by atomic mass is 10.1. The second kappa shape index (κ2) is 7.74. The summed E-state index contributed by atoms with van der Waals surface area (Å²) in [5.41, 5.74) is -1.05. The number of para-hydroxylation sites is 1. The van der Waals surface area contributed by atoms with E-state index in [2.05, 4.69) is 15.2 Å². The maximum absolute atomic E-state index is 13.0. The molecule has 1 aromatic heterocycles. The summed E-state index contributed by atoms with van der Waals surface area (Å²) < 4.78 is 39.0. The molecule has 3 rings (SSSR count). The van der Waals surface area contributed by atoms with E-state index in [1.165, 1.54) is 18.2 Å². The van der Waals surface area contributed by atoms with E-state index >= 15 is 0 Å². The standard InChI is InChI=1S/C18H19F3N4O/c19-18(20,21)14-5-1-2-6-15(14)23-17(26)13-24-9-11-25(12-10-24)16-7-3-4-8-22-16/h1-8H,9-13H2,(H,23,26). The normalized spacial score (nSPS) is 15.7. The number of pyridine rings is 1. The van der Waals surface area contributed by atoms with Crippen molar-refractivity contribution in [2.24, 2.45) is 0 Å². The van der Waals surface area contributed by atoms with Crippen molar-refractivity contribution < 1.29 is 18.0 Å². The first kappa shape index (κ1) is 18.2. The number of halogens is 3. The molecular formula is C18H19F3N4O. The summed E-state index contributed by atoms with van der Waals surface area (Å²) in [6.07, 6.45) is -2.77. The van der Waals surface area contributed by atoms with Gasteiger partial charge in [-0.15, -0.1) is 0 Å². The van der Waals surface area contributed by atoms with E-state index in [4.69, 9.17) is 0 Å². The van der Waals surface area contributed by atoms with Gasteiger partial charge in [0, 0.05) is 32.4 Å². The Bertz CT molecular complexity index is 744. The molecule has 1 aliphatic rings. The fourth-order valence-corrected chi connectivity index (χ4v) is 2.91. The molecule has 1 amide bonds. The predicted octanol–water partition coefficient (Wildman–Crippen LogP) is 2.86. The van der Waals surface area contributed by atoms with E-state index in [1.807, 2.05) is 23.1 Å². The molecule has 2 aromatic rings. The number of benzene rings is 1. The summed E-state index contributed by atoms with van der Waals surface area (Å²) in [6.45, 7) is 2.77. The van der Waals surface area contributed by atoms with Crippen molar-refractivity contribution in [1.82, 2.24) is 9.88 Å². The number of hydrogen-bond acceptors (Lipinski definition) is 4. The highest BCUT2D eigenvalue weighted by Crippen LogP contribution is 2.34. The average molecular weight is 364 g/mol. The van der Waals surface area contributed by atoms with E-state index in [0.717, 1.165) is 11.9 Å². The lowest BCUT2D eigenvalue weighted by molar-refractivity contribution is -0.137. The summed E-state index contributed by atoms with van der Waals surface area (Å²) in [7, 11) is 0. The summed E-state index contributed by atoms with van der Waals surface area (Å²) in [6, 6.07) is 10.7. The summed E-state index contributed by atoms with van der Waals surface area (Å²) in [5, 5.41) is 2.38. The summed E-state index contributed by atoms with van der Waals surface area (Å²) >= 11 is 0. The number of alkyl halides is 3.